The minimum atomic E-state index is -0.721. The molecule has 0 aliphatic heterocycles. The molecule has 3 N–H and O–H groups in total. The predicted octanol–water partition coefficient (Wildman–Crippen LogP) is -0.305. The Labute approximate surface area is 199 Å². The average Bonchev–Trinajstić information content (AvgIpc) is 3.14. The first-order valence-corrected chi connectivity index (χ1v) is 11.0. The van der Waals surface area contributed by atoms with Crippen LogP contribution in [0.2, 0.25) is 0 Å². The molecule has 11 nitrogen and oxygen atoms in total. The van der Waals surface area contributed by atoms with Crippen LogP contribution < -0.4 is 30.7 Å². The lowest BCUT2D eigenvalue weighted by Crippen LogP contribution is -2.34. The van der Waals surface area contributed by atoms with Crippen LogP contribution in [0.1, 0.15) is 6.92 Å². The number of hydrogen-bond donors (Lipinski definition) is 3. The third-order valence-corrected chi connectivity index (χ3v) is 5.42. The number of rotatable bonds is 11. The van der Waals surface area contributed by atoms with Gasteiger partial charge in [0.25, 0.3) is 11.5 Å². The first-order valence-electron chi connectivity index (χ1n) is 10.2. The molecule has 2 rings (SSSR count). The minimum absolute atomic E-state index is 0.110. The van der Waals surface area contributed by atoms with Gasteiger partial charge in [0.15, 0.2) is 5.57 Å². The van der Waals surface area contributed by atoms with Crippen LogP contribution in [0.3, 0.4) is 0 Å². The molecule has 0 saturated carbocycles. The Bertz CT molecular complexity index is 1280. The van der Waals surface area contributed by atoms with Gasteiger partial charge in [0.1, 0.15) is 28.4 Å². The van der Waals surface area contributed by atoms with Crippen LogP contribution >= 0.6 is 11.3 Å². The smallest absolute Gasteiger partial charge is 0.270 e. The Kier molecular flexibility index (Phi) is 10.5. The summed E-state index contributed by atoms with van der Waals surface area (Å²) in [7, 11) is 1.54. The third kappa shape index (κ3) is 7.28. The second kappa shape index (κ2) is 13.5. The van der Waals surface area contributed by atoms with Crippen molar-refractivity contribution in [1.82, 2.24) is 9.88 Å². The molecule has 178 valence electrons. The number of ether oxygens (including phenoxy) is 2. The SMILES string of the molecule is CCn1c(=C(C#N)C(=O)NCC#N)sc(=CNc2cccc(NC(=O)COCCOC)c2)c1=O. The maximum absolute atomic E-state index is 12.8. The van der Waals surface area contributed by atoms with Crippen molar-refractivity contribution in [3.05, 3.63) is 43.8 Å². The van der Waals surface area contributed by atoms with E-state index in [2.05, 4.69) is 16.0 Å². The standard InChI is InChI=1S/C22H24N6O5S/c1-3-28-21(31)18(34-22(28)17(12-24)20(30)25-8-7-23)13-26-15-5-4-6-16(11-15)27-19(29)14-33-10-9-32-2/h4-6,11,13,26H,3,8-10,14H2,1-2H3,(H,25,30)(H,27,29). The number of methoxy groups -OCH3 is 1. The highest BCUT2D eigenvalue weighted by molar-refractivity contribution is 7.07. The number of carbonyl (C=O) groups is 2. The summed E-state index contributed by atoms with van der Waals surface area (Å²) in [5.41, 5.74) is 0.530. The monoisotopic (exact) mass is 484 g/mol. The molecule has 0 fully saturated rings. The number of nitriles is 2. The van der Waals surface area contributed by atoms with Gasteiger partial charge in [-0.15, -0.1) is 11.3 Å². The van der Waals surface area contributed by atoms with Gasteiger partial charge in [-0.25, -0.2) is 0 Å². The predicted molar refractivity (Wildman–Crippen MR) is 127 cm³/mol. The Morgan fingerprint density at radius 1 is 1.24 bits per heavy atom. The molecule has 2 amide bonds. The van der Waals surface area contributed by atoms with Gasteiger partial charge in [-0.05, 0) is 25.1 Å². The van der Waals surface area contributed by atoms with Crippen LogP contribution in [0.25, 0.3) is 11.8 Å². The lowest BCUT2D eigenvalue weighted by Gasteiger charge is -2.08. The van der Waals surface area contributed by atoms with Crippen molar-refractivity contribution in [2.75, 3.05) is 44.1 Å². The number of nitrogens with zero attached hydrogens (tertiary/aromatic N) is 3. The van der Waals surface area contributed by atoms with Gasteiger partial charge in [0, 0.05) is 31.2 Å². The highest BCUT2D eigenvalue weighted by Crippen LogP contribution is 2.15. The van der Waals surface area contributed by atoms with E-state index in [4.69, 9.17) is 14.7 Å². The fourth-order valence-electron chi connectivity index (χ4n) is 2.74. The van der Waals surface area contributed by atoms with Crippen LogP contribution in [-0.2, 0) is 25.6 Å². The van der Waals surface area contributed by atoms with E-state index in [-0.39, 0.29) is 45.9 Å². The van der Waals surface area contributed by atoms with E-state index < -0.39 is 5.91 Å². The molecule has 0 unspecified atom stereocenters. The molecular weight excluding hydrogens is 460 g/mol. The molecule has 0 radical (unpaired) electrons. The number of benzene rings is 1. The highest BCUT2D eigenvalue weighted by Gasteiger charge is 2.14. The summed E-state index contributed by atoms with van der Waals surface area (Å²) < 4.78 is 11.8. The topological polar surface area (TPSA) is 158 Å². The molecule has 12 heteroatoms. The van der Waals surface area contributed by atoms with E-state index >= 15 is 0 Å². The van der Waals surface area contributed by atoms with Crippen LogP contribution in [0.4, 0.5) is 11.4 Å². The molecule has 34 heavy (non-hydrogen) atoms. The average molecular weight is 485 g/mol. The van der Waals surface area contributed by atoms with Gasteiger partial charge in [-0.2, -0.15) is 10.5 Å². The van der Waals surface area contributed by atoms with Crippen LogP contribution in [0, 0.1) is 22.7 Å². The van der Waals surface area contributed by atoms with Gasteiger partial charge in [0.05, 0.1) is 19.3 Å². The third-order valence-electron chi connectivity index (χ3n) is 4.29. The van der Waals surface area contributed by atoms with Crippen molar-refractivity contribution in [1.29, 1.82) is 10.5 Å². The van der Waals surface area contributed by atoms with Crippen molar-refractivity contribution in [2.45, 2.75) is 13.5 Å². The number of aromatic nitrogens is 1. The van der Waals surface area contributed by atoms with E-state index in [1.54, 1.807) is 44.4 Å². The van der Waals surface area contributed by atoms with Crippen molar-refractivity contribution in [3.63, 3.8) is 0 Å². The molecule has 2 aromatic rings. The second-order valence-corrected chi connectivity index (χ2v) is 7.64. The number of carbonyl (C=O) groups excluding carboxylic acids is 2. The lowest BCUT2D eigenvalue weighted by molar-refractivity contribution is -0.121. The molecule has 0 saturated heterocycles. The van der Waals surface area contributed by atoms with Crippen LogP contribution in [-0.4, -0.2) is 49.9 Å². The van der Waals surface area contributed by atoms with Gasteiger partial charge in [0.2, 0.25) is 5.91 Å². The quantitative estimate of drug-likeness (QED) is 0.290. The molecule has 1 heterocycles. The van der Waals surface area contributed by atoms with Crippen molar-refractivity contribution in [3.8, 4) is 12.1 Å². The molecule has 1 aromatic carbocycles. The summed E-state index contributed by atoms with van der Waals surface area (Å²) in [6.07, 6.45) is 1.47. The van der Waals surface area contributed by atoms with Crippen LogP contribution in [0.15, 0.2) is 29.1 Å². The van der Waals surface area contributed by atoms with Crippen LogP contribution in [0.5, 0.6) is 0 Å². The van der Waals surface area contributed by atoms with Gasteiger partial charge >= 0.3 is 0 Å². The first-order chi connectivity index (χ1) is 16.4. The van der Waals surface area contributed by atoms with E-state index in [9.17, 15) is 19.6 Å². The van der Waals surface area contributed by atoms with Gasteiger partial charge in [-0.3, -0.25) is 19.0 Å². The van der Waals surface area contributed by atoms with E-state index in [0.717, 1.165) is 11.3 Å². The second-order valence-electron chi connectivity index (χ2n) is 6.61. The Balaban J connectivity index is 2.26. The Morgan fingerprint density at radius 2 is 2.00 bits per heavy atom. The maximum Gasteiger partial charge on any atom is 0.270 e. The van der Waals surface area contributed by atoms with Gasteiger partial charge < -0.3 is 25.4 Å². The maximum atomic E-state index is 12.8. The summed E-state index contributed by atoms with van der Waals surface area (Å²) in [5, 5.41) is 26.1. The molecule has 0 atom stereocenters. The minimum Gasteiger partial charge on any atom is -0.382 e. The van der Waals surface area contributed by atoms with Crippen molar-refractivity contribution >= 4 is 46.3 Å². The zero-order valence-corrected chi connectivity index (χ0v) is 19.5. The number of amides is 2. The zero-order chi connectivity index (χ0) is 24.9. The summed E-state index contributed by atoms with van der Waals surface area (Å²) in [4.78, 5) is 37.0. The zero-order valence-electron chi connectivity index (χ0n) is 18.7. The molecule has 0 bridgehead atoms. The number of nitrogens with one attached hydrogen (secondary N) is 3. The summed E-state index contributed by atoms with van der Waals surface area (Å²) >= 11 is 0.985. The molecule has 0 spiro atoms. The Morgan fingerprint density at radius 3 is 2.68 bits per heavy atom. The van der Waals surface area contributed by atoms with Gasteiger partial charge in [-0.1, -0.05) is 6.07 Å². The fourth-order valence-corrected chi connectivity index (χ4v) is 3.82. The number of anilines is 2. The molecular formula is C22H24N6O5S. The van der Waals surface area contributed by atoms with E-state index in [0.29, 0.717) is 24.6 Å². The molecule has 1 aromatic heterocycles. The van der Waals surface area contributed by atoms with Crippen molar-refractivity contribution < 1.29 is 19.1 Å². The summed E-state index contributed by atoms with van der Waals surface area (Å²) in [6.45, 7) is 2.32. The number of thiazole rings is 1. The van der Waals surface area contributed by atoms with Crippen molar-refractivity contribution in [2.24, 2.45) is 0 Å². The summed E-state index contributed by atoms with van der Waals surface area (Å²) in [5.74, 6) is -1.04. The van der Waals surface area contributed by atoms with E-state index in [1.807, 2.05) is 6.07 Å². The normalized spacial score (nSPS) is 11.8. The fraction of sp³-hybridized carbons (Fsp3) is 0.318. The number of hydrogen-bond acceptors (Lipinski definition) is 9. The first kappa shape index (κ1) is 26.3. The highest BCUT2D eigenvalue weighted by atomic mass is 32.1. The molecule has 0 aliphatic carbocycles. The summed E-state index contributed by atoms with van der Waals surface area (Å²) in [6, 6.07) is 10.4. The lowest BCUT2D eigenvalue weighted by atomic mass is 10.2. The Hall–Kier alpha value is -3.97. The largest absolute Gasteiger partial charge is 0.382 e. The molecule has 0 aliphatic rings. The van der Waals surface area contributed by atoms with E-state index in [1.165, 1.54) is 10.8 Å².